The Morgan fingerprint density at radius 2 is 2.03 bits per heavy atom. The zero-order valence-corrected chi connectivity index (χ0v) is 16.4. The number of anilines is 1. The molecule has 1 aromatic heterocycles. The summed E-state index contributed by atoms with van der Waals surface area (Å²) in [6, 6.07) is 11.0. The van der Waals surface area contributed by atoms with E-state index < -0.39 is 5.66 Å². The first-order valence-corrected chi connectivity index (χ1v) is 9.90. The standard InChI is InChI=1S/C22H24N4O3/c1-22-11-10-20(28)26(22)18-8-3-2-7-17(18)21(29)25(22)13-5-9-19(27)24-15-16-6-4-12-23-14-16/h2-4,6-8,12,14H,5,9-11,13,15H2,1H3,(H,24,27). The summed E-state index contributed by atoms with van der Waals surface area (Å²) in [6.45, 7) is 2.80. The lowest BCUT2D eigenvalue weighted by molar-refractivity contribution is -0.121. The van der Waals surface area contributed by atoms with Gasteiger partial charge < -0.3 is 10.2 Å². The van der Waals surface area contributed by atoms with Gasteiger partial charge in [0.15, 0.2) is 0 Å². The number of nitrogens with one attached hydrogen (secondary N) is 1. The molecule has 150 valence electrons. The molecule has 2 aliphatic rings. The van der Waals surface area contributed by atoms with Crippen LogP contribution in [0, 0.1) is 0 Å². The quantitative estimate of drug-likeness (QED) is 0.819. The van der Waals surface area contributed by atoms with Crippen molar-refractivity contribution in [3.05, 3.63) is 59.9 Å². The van der Waals surface area contributed by atoms with Crippen LogP contribution in [0.15, 0.2) is 48.8 Å². The fraction of sp³-hybridized carbons (Fsp3) is 0.364. The molecule has 7 nitrogen and oxygen atoms in total. The molecule has 2 aliphatic heterocycles. The van der Waals surface area contributed by atoms with E-state index in [0.717, 1.165) is 5.56 Å². The predicted molar refractivity (Wildman–Crippen MR) is 108 cm³/mol. The number of amides is 3. The maximum atomic E-state index is 13.1. The van der Waals surface area contributed by atoms with E-state index in [1.807, 2.05) is 37.3 Å². The fourth-order valence-electron chi connectivity index (χ4n) is 4.23. The Morgan fingerprint density at radius 3 is 2.83 bits per heavy atom. The van der Waals surface area contributed by atoms with Crippen LogP contribution in [0.3, 0.4) is 0 Å². The molecule has 7 heteroatoms. The topological polar surface area (TPSA) is 82.6 Å². The first-order chi connectivity index (χ1) is 14.0. The van der Waals surface area contributed by atoms with Gasteiger partial charge in [0.05, 0.1) is 11.3 Å². The van der Waals surface area contributed by atoms with Crippen LogP contribution in [0.1, 0.15) is 48.5 Å². The van der Waals surface area contributed by atoms with E-state index in [-0.39, 0.29) is 17.7 Å². The number of carbonyl (C=O) groups is 3. The van der Waals surface area contributed by atoms with Gasteiger partial charge in [0.25, 0.3) is 5.91 Å². The van der Waals surface area contributed by atoms with Crippen LogP contribution in [0.25, 0.3) is 0 Å². The minimum Gasteiger partial charge on any atom is -0.352 e. The molecule has 0 saturated carbocycles. The third-order valence-corrected chi connectivity index (χ3v) is 5.74. The first kappa shape index (κ1) is 19.1. The lowest BCUT2D eigenvalue weighted by Gasteiger charge is -2.48. The number of rotatable bonds is 6. The second-order valence-corrected chi connectivity index (χ2v) is 7.66. The Balaban J connectivity index is 1.41. The minimum atomic E-state index is -0.672. The number of nitrogens with zero attached hydrogens (tertiary/aromatic N) is 3. The predicted octanol–water partition coefficient (Wildman–Crippen LogP) is 2.48. The van der Waals surface area contributed by atoms with E-state index in [1.54, 1.807) is 28.3 Å². The van der Waals surface area contributed by atoms with E-state index in [1.165, 1.54) is 0 Å². The van der Waals surface area contributed by atoms with Crippen molar-refractivity contribution in [3.8, 4) is 0 Å². The molecule has 0 spiro atoms. The largest absolute Gasteiger partial charge is 0.352 e. The third kappa shape index (κ3) is 3.48. The van der Waals surface area contributed by atoms with Crippen molar-refractivity contribution < 1.29 is 14.4 Å². The summed E-state index contributed by atoms with van der Waals surface area (Å²) in [5.74, 6) is -0.111. The number of para-hydroxylation sites is 1. The van der Waals surface area contributed by atoms with Crippen molar-refractivity contribution in [2.24, 2.45) is 0 Å². The summed E-state index contributed by atoms with van der Waals surface area (Å²) in [4.78, 5) is 45.4. The molecule has 29 heavy (non-hydrogen) atoms. The molecule has 3 amide bonds. The first-order valence-electron chi connectivity index (χ1n) is 9.90. The van der Waals surface area contributed by atoms with E-state index in [9.17, 15) is 14.4 Å². The SMILES string of the molecule is CC12CCC(=O)N1c1ccccc1C(=O)N2CCCC(=O)NCc1cccnc1. The van der Waals surface area contributed by atoms with E-state index in [4.69, 9.17) is 0 Å². The van der Waals surface area contributed by atoms with Gasteiger partial charge in [0, 0.05) is 38.3 Å². The lowest BCUT2D eigenvalue weighted by Crippen LogP contribution is -2.62. The Hall–Kier alpha value is -3.22. The zero-order valence-electron chi connectivity index (χ0n) is 16.4. The van der Waals surface area contributed by atoms with Gasteiger partial charge in [-0.1, -0.05) is 18.2 Å². The van der Waals surface area contributed by atoms with Crippen molar-refractivity contribution in [2.75, 3.05) is 11.4 Å². The second kappa shape index (κ2) is 7.66. The molecule has 4 rings (SSSR count). The maximum absolute atomic E-state index is 13.1. The van der Waals surface area contributed by atoms with Crippen LogP contribution in [0.4, 0.5) is 5.69 Å². The van der Waals surface area contributed by atoms with Crippen LogP contribution in [0.2, 0.25) is 0 Å². The smallest absolute Gasteiger partial charge is 0.257 e. The Morgan fingerprint density at radius 1 is 1.21 bits per heavy atom. The highest BCUT2D eigenvalue weighted by Gasteiger charge is 2.52. The molecule has 0 radical (unpaired) electrons. The average Bonchev–Trinajstić information content (AvgIpc) is 3.05. The number of carbonyl (C=O) groups excluding carboxylic acids is 3. The Kier molecular flexibility index (Phi) is 5.05. The summed E-state index contributed by atoms with van der Waals surface area (Å²) in [6.07, 6.45) is 5.27. The highest BCUT2D eigenvalue weighted by molar-refractivity contribution is 6.10. The molecule has 0 bridgehead atoms. The number of aromatic nitrogens is 1. The summed E-state index contributed by atoms with van der Waals surface area (Å²) < 4.78 is 0. The zero-order chi connectivity index (χ0) is 20.4. The van der Waals surface area contributed by atoms with Gasteiger partial charge in [-0.3, -0.25) is 24.3 Å². The van der Waals surface area contributed by atoms with Crippen LogP contribution >= 0.6 is 0 Å². The number of fused-ring (bicyclic) bond motifs is 3. The maximum Gasteiger partial charge on any atom is 0.257 e. The number of benzene rings is 1. The molecule has 3 heterocycles. The number of pyridine rings is 1. The van der Waals surface area contributed by atoms with Crippen LogP contribution in [-0.2, 0) is 16.1 Å². The van der Waals surface area contributed by atoms with Gasteiger partial charge in [0.2, 0.25) is 11.8 Å². The van der Waals surface area contributed by atoms with Crippen molar-refractivity contribution in [1.29, 1.82) is 0 Å². The number of hydrogen-bond donors (Lipinski definition) is 1. The van der Waals surface area contributed by atoms with E-state index in [2.05, 4.69) is 10.3 Å². The minimum absolute atomic E-state index is 0.0339. The molecular weight excluding hydrogens is 368 g/mol. The lowest BCUT2D eigenvalue weighted by atomic mass is 9.98. The summed E-state index contributed by atoms with van der Waals surface area (Å²) >= 11 is 0. The van der Waals surface area contributed by atoms with Gasteiger partial charge in [-0.15, -0.1) is 0 Å². The Labute approximate surface area is 169 Å². The van der Waals surface area contributed by atoms with Crippen LogP contribution in [-0.4, -0.2) is 39.8 Å². The van der Waals surface area contributed by atoms with Crippen LogP contribution in [0.5, 0.6) is 0 Å². The van der Waals surface area contributed by atoms with Crippen molar-refractivity contribution in [1.82, 2.24) is 15.2 Å². The average molecular weight is 392 g/mol. The van der Waals surface area contributed by atoms with Gasteiger partial charge >= 0.3 is 0 Å². The normalized spacial score (nSPS) is 20.4. The summed E-state index contributed by atoms with van der Waals surface area (Å²) in [5, 5.41) is 2.88. The van der Waals surface area contributed by atoms with Gasteiger partial charge in [-0.25, -0.2) is 0 Å². The van der Waals surface area contributed by atoms with Crippen molar-refractivity contribution in [3.63, 3.8) is 0 Å². The van der Waals surface area contributed by atoms with E-state index >= 15 is 0 Å². The van der Waals surface area contributed by atoms with Gasteiger partial charge in [-0.2, -0.15) is 0 Å². The molecule has 2 aromatic rings. The van der Waals surface area contributed by atoms with Crippen LogP contribution < -0.4 is 10.2 Å². The number of hydrogen-bond acceptors (Lipinski definition) is 4. The third-order valence-electron chi connectivity index (χ3n) is 5.74. The van der Waals surface area contributed by atoms with Crippen molar-refractivity contribution in [2.45, 2.75) is 44.8 Å². The Bertz CT molecular complexity index is 946. The summed E-state index contributed by atoms with van der Waals surface area (Å²) in [7, 11) is 0. The highest BCUT2D eigenvalue weighted by Crippen LogP contribution is 2.43. The van der Waals surface area contributed by atoms with Crippen molar-refractivity contribution >= 4 is 23.4 Å². The summed E-state index contributed by atoms with van der Waals surface area (Å²) in [5.41, 5.74) is 1.50. The molecule has 1 fully saturated rings. The molecule has 0 aliphatic carbocycles. The van der Waals surface area contributed by atoms with Gasteiger partial charge in [-0.05, 0) is 43.5 Å². The molecule has 1 saturated heterocycles. The molecule has 1 atom stereocenters. The second-order valence-electron chi connectivity index (χ2n) is 7.66. The molecule has 1 aromatic carbocycles. The highest BCUT2D eigenvalue weighted by atomic mass is 16.2. The molecule has 1 N–H and O–H groups in total. The monoisotopic (exact) mass is 392 g/mol. The fourth-order valence-corrected chi connectivity index (χ4v) is 4.23. The van der Waals surface area contributed by atoms with E-state index in [0.29, 0.717) is 50.0 Å². The molecule has 1 unspecified atom stereocenters. The molecular formula is C22H24N4O3. The van der Waals surface area contributed by atoms with Gasteiger partial charge in [0.1, 0.15) is 5.66 Å².